The van der Waals surface area contributed by atoms with E-state index in [9.17, 15) is 8.42 Å². The molecule has 0 aromatic rings. The molecule has 5 heteroatoms. The van der Waals surface area contributed by atoms with Crippen LogP contribution in [0.2, 0.25) is 0 Å². The molecule has 0 saturated carbocycles. The van der Waals surface area contributed by atoms with Crippen LogP contribution in [0.15, 0.2) is 0 Å². The summed E-state index contributed by atoms with van der Waals surface area (Å²) in [7, 11) is -1.61. The van der Waals surface area contributed by atoms with Gasteiger partial charge in [0.2, 0.25) is 10.0 Å². The Balaban J connectivity index is 3.95. The van der Waals surface area contributed by atoms with Gasteiger partial charge >= 0.3 is 0 Å². The fourth-order valence-corrected chi connectivity index (χ4v) is 2.72. The molecule has 0 aromatic carbocycles. The fraction of sp³-hybridized carbons (Fsp3) is 1.00. The molecule has 0 aromatic heterocycles. The van der Waals surface area contributed by atoms with Gasteiger partial charge < -0.3 is 5.32 Å². The molecule has 0 amide bonds. The van der Waals surface area contributed by atoms with Gasteiger partial charge in [0.15, 0.2) is 0 Å². The first-order chi connectivity index (χ1) is 9.05. The van der Waals surface area contributed by atoms with E-state index in [2.05, 4.69) is 23.9 Å². The van der Waals surface area contributed by atoms with E-state index in [1.54, 1.807) is 0 Å². The van der Waals surface area contributed by atoms with E-state index in [1.165, 1.54) is 45.6 Å². The molecule has 0 rings (SSSR count). The molecular weight excluding hydrogens is 260 g/mol. The second-order valence-electron chi connectivity index (χ2n) is 5.17. The maximum Gasteiger partial charge on any atom is 0.212 e. The van der Waals surface area contributed by atoms with Crippen LogP contribution in [0, 0.1) is 0 Å². The second-order valence-corrected chi connectivity index (χ2v) is 7.21. The van der Waals surface area contributed by atoms with Crippen molar-refractivity contribution in [2.24, 2.45) is 0 Å². The minimum Gasteiger partial charge on any atom is -0.313 e. The largest absolute Gasteiger partial charge is 0.313 e. The Morgan fingerprint density at radius 2 is 1.47 bits per heavy atom. The Morgan fingerprint density at radius 1 is 0.947 bits per heavy atom. The summed E-state index contributed by atoms with van der Waals surface area (Å²) in [5.74, 6) is 0.168. The second kappa shape index (κ2) is 11.7. The van der Waals surface area contributed by atoms with Gasteiger partial charge in [-0.15, -0.1) is 0 Å². The molecule has 0 aliphatic rings. The topological polar surface area (TPSA) is 58.2 Å². The molecule has 19 heavy (non-hydrogen) atoms. The molecule has 0 fully saturated rings. The van der Waals surface area contributed by atoms with Gasteiger partial charge in [0.05, 0.1) is 5.75 Å². The lowest BCUT2D eigenvalue weighted by Gasteiger charge is -2.18. The third kappa shape index (κ3) is 11.4. The third-order valence-electron chi connectivity index (χ3n) is 3.43. The molecule has 2 N–H and O–H groups in total. The number of nitrogens with one attached hydrogen (secondary N) is 2. The minimum absolute atomic E-state index is 0.168. The standard InChI is InChI=1S/C14H32N2O2S/c1-4-6-8-10-14(11-9-7-5-2)16-12-13-19(17,18)15-3/h14-16H,4-13H2,1-3H3. The summed E-state index contributed by atoms with van der Waals surface area (Å²) < 4.78 is 25.1. The number of hydrogen-bond donors (Lipinski definition) is 2. The smallest absolute Gasteiger partial charge is 0.212 e. The zero-order valence-corrected chi connectivity index (χ0v) is 13.7. The van der Waals surface area contributed by atoms with E-state index in [0.717, 1.165) is 12.8 Å². The summed E-state index contributed by atoms with van der Waals surface area (Å²) in [6, 6.07) is 0.477. The van der Waals surface area contributed by atoms with E-state index >= 15 is 0 Å². The van der Waals surface area contributed by atoms with Crippen molar-refractivity contribution in [2.45, 2.75) is 71.3 Å². The van der Waals surface area contributed by atoms with Crippen LogP contribution in [-0.4, -0.2) is 33.8 Å². The molecule has 0 unspecified atom stereocenters. The average molecular weight is 292 g/mol. The number of unbranched alkanes of at least 4 members (excludes halogenated alkanes) is 4. The molecule has 0 spiro atoms. The Kier molecular flexibility index (Phi) is 11.6. The highest BCUT2D eigenvalue weighted by Gasteiger charge is 2.10. The molecule has 0 bridgehead atoms. The fourth-order valence-electron chi connectivity index (χ4n) is 2.13. The van der Waals surface area contributed by atoms with Crippen LogP contribution in [0.1, 0.15) is 65.2 Å². The highest BCUT2D eigenvalue weighted by atomic mass is 32.2. The van der Waals surface area contributed by atoms with Crippen LogP contribution in [0.25, 0.3) is 0 Å². The quantitative estimate of drug-likeness (QED) is 0.513. The molecule has 0 atom stereocenters. The van der Waals surface area contributed by atoms with Crippen LogP contribution in [0.5, 0.6) is 0 Å². The van der Waals surface area contributed by atoms with Crippen LogP contribution in [0.4, 0.5) is 0 Å². The third-order valence-corrected chi connectivity index (χ3v) is 4.79. The SMILES string of the molecule is CCCCCC(CCCCC)NCCS(=O)(=O)NC. The van der Waals surface area contributed by atoms with Crippen molar-refractivity contribution >= 4 is 10.0 Å². The van der Waals surface area contributed by atoms with E-state index in [0.29, 0.717) is 12.6 Å². The average Bonchev–Trinajstić information content (AvgIpc) is 2.38. The van der Waals surface area contributed by atoms with Gasteiger partial charge in [-0.05, 0) is 19.9 Å². The molecule has 0 heterocycles. The van der Waals surface area contributed by atoms with Crippen molar-refractivity contribution < 1.29 is 8.42 Å². The summed E-state index contributed by atoms with van der Waals surface area (Å²) in [6.07, 6.45) is 9.79. The van der Waals surface area contributed by atoms with Crippen molar-refractivity contribution in [3.05, 3.63) is 0 Å². The molecule has 0 saturated heterocycles. The first kappa shape index (κ1) is 18.9. The summed E-state index contributed by atoms with van der Waals surface area (Å²) in [5.41, 5.74) is 0. The van der Waals surface area contributed by atoms with Crippen molar-refractivity contribution in [2.75, 3.05) is 19.3 Å². The van der Waals surface area contributed by atoms with E-state index in [4.69, 9.17) is 0 Å². The van der Waals surface area contributed by atoms with Gasteiger partial charge in [-0.3, -0.25) is 0 Å². The Hall–Kier alpha value is -0.130. The first-order valence-electron chi connectivity index (χ1n) is 7.70. The molecule has 0 aliphatic heterocycles. The maximum absolute atomic E-state index is 11.4. The Morgan fingerprint density at radius 3 is 1.89 bits per heavy atom. The van der Waals surface area contributed by atoms with Gasteiger partial charge in [0.25, 0.3) is 0 Å². The van der Waals surface area contributed by atoms with Crippen LogP contribution < -0.4 is 10.0 Å². The van der Waals surface area contributed by atoms with Crippen molar-refractivity contribution in [3.63, 3.8) is 0 Å². The molecule has 4 nitrogen and oxygen atoms in total. The van der Waals surface area contributed by atoms with Gasteiger partial charge in [-0.1, -0.05) is 52.4 Å². The molecule has 116 valence electrons. The van der Waals surface area contributed by atoms with Crippen molar-refractivity contribution in [1.29, 1.82) is 0 Å². The maximum atomic E-state index is 11.4. The molecular formula is C14H32N2O2S. The summed E-state index contributed by atoms with van der Waals surface area (Å²) >= 11 is 0. The Labute approximate surface area is 119 Å². The normalized spacial score (nSPS) is 12.2. The lowest BCUT2D eigenvalue weighted by Crippen LogP contribution is -2.35. The predicted octanol–water partition coefficient (Wildman–Crippen LogP) is 2.65. The zero-order valence-electron chi connectivity index (χ0n) is 12.9. The van der Waals surface area contributed by atoms with Gasteiger partial charge in [-0.25, -0.2) is 13.1 Å². The number of sulfonamides is 1. The van der Waals surface area contributed by atoms with E-state index < -0.39 is 10.0 Å². The van der Waals surface area contributed by atoms with Crippen molar-refractivity contribution in [1.82, 2.24) is 10.0 Å². The lowest BCUT2D eigenvalue weighted by molar-refractivity contribution is 0.427. The number of rotatable bonds is 13. The highest BCUT2D eigenvalue weighted by molar-refractivity contribution is 7.89. The van der Waals surface area contributed by atoms with Crippen LogP contribution >= 0.6 is 0 Å². The van der Waals surface area contributed by atoms with Gasteiger partial charge in [-0.2, -0.15) is 0 Å². The van der Waals surface area contributed by atoms with Crippen LogP contribution in [-0.2, 0) is 10.0 Å². The lowest BCUT2D eigenvalue weighted by atomic mass is 10.0. The minimum atomic E-state index is -3.08. The van der Waals surface area contributed by atoms with Gasteiger partial charge in [0.1, 0.15) is 0 Å². The molecule has 0 aliphatic carbocycles. The molecule has 0 radical (unpaired) electrons. The number of hydrogen-bond acceptors (Lipinski definition) is 3. The van der Waals surface area contributed by atoms with E-state index in [-0.39, 0.29) is 5.75 Å². The summed E-state index contributed by atoms with van der Waals surface area (Å²) in [6.45, 7) is 4.96. The van der Waals surface area contributed by atoms with Crippen LogP contribution in [0.3, 0.4) is 0 Å². The zero-order chi connectivity index (χ0) is 14.6. The summed E-state index contributed by atoms with van der Waals surface area (Å²) in [4.78, 5) is 0. The first-order valence-corrected chi connectivity index (χ1v) is 9.35. The highest BCUT2D eigenvalue weighted by Crippen LogP contribution is 2.10. The summed E-state index contributed by atoms with van der Waals surface area (Å²) in [5, 5.41) is 3.41. The van der Waals surface area contributed by atoms with Gasteiger partial charge in [0, 0.05) is 12.6 Å². The monoisotopic (exact) mass is 292 g/mol. The Bertz CT molecular complexity index is 282. The van der Waals surface area contributed by atoms with E-state index in [1.807, 2.05) is 0 Å². The predicted molar refractivity (Wildman–Crippen MR) is 82.9 cm³/mol. The van der Waals surface area contributed by atoms with Crippen molar-refractivity contribution in [3.8, 4) is 0 Å².